The molecule has 0 aromatic heterocycles. The molecule has 1 aromatic carbocycles. The highest BCUT2D eigenvalue weighted by atomic mass is 35.5. The summed E-state index contributed by atoms with van der Waals surface area (Å²) in [6.45, 7) is 2.08. The van der Waals surface area contributed by atoms with Gasteiger partial charge >= 0.3 is 0 Å². The van der Waals surface area contributed by atoms with Crippen LogP contribution in [0.1, 0.15) is 24.8 Å². The first-order valence-corrected chi connectivity index (χ1v) is 7.97. The van der Waals surface area contributed by atoms with Gasteiger partial charge in [-0.15, -0.1) is 0 Å². The summed E-state index contributed by atoms with van der Waals surface area (Å²) in [5.74, 6) is 0.725. The largest absolute Gasteiger partial charge is 0.484 e. The highest BCUT2D eigenvalue weighted by molar-refractivity contribution is 6.35. The van der Waals surface area contributed by atoms with Crippen LogP contribution < -0.4 is 10.1 Å². The maximum atomic E-state index is 6.31. The zero-order valence-corrected chi connectivity index (χ0v) is 13.7. The van der Waals surface area contributed by atoms with Crippen LogP contribution in [0.15, 0.2) is 24.3 Å². The summed E-state index contributed by atoms with van der Waals surface area (Å²) < 4.78 is 11.1. The summed E-state index contributed by atoms with van der Waals surface area (Å²) in [5, 5.41) is 4.48. The van der Waals surface area contributed by atoms with Crippen molar-refractivity contribution in [3.63, 3.8) is 0 Å². The quantitative estimate of drug-likeness (QED) is 0.600. The predicted octanol–water partition coefficient (Wildman–Crippen LogP) is 4.22. The number of hydrogen-bond donors (Lipinski definition) is 1. The van der Waals surface area contributed by atoms with Crippen LogP contribution in [0.5, 0.6) is 5.75 Å². The number of benzene rings is 1. The molecule has 0 radical (unpaired) electrons. The summed E-state index contributed by atoms with van der Waals surface area (Å²) in [7, 11) is 1.68. The number of methoxy groups -OCH3 is 1. The van der Waals surface area contributed by atoms with Crippen molar-refractivity contribution in [3.05, 3.63) is 39.9 Å². The molecule has 1 atom stereocenters. The third-order valence-electron chi connectivity index (χ3n) is 3.36. The Morgan fingerprint density at radius 3 is 2.90 bits per heavy atom. The van der Waals surface area contributed by atoms with E-state index in [1.807, 2.05) is 6.07 Å². The Balaban J connectivity index is 2.09. The fraction of sp³-hybridized carbons (Fsp3) is 0.500. The van der Waals surface area contributed by atoms with Crippen molar-refractivity contribution >= 4 is 23.2 Å². The minimum absolute atomic E-state index is 0.0927. The number of hydrogen-bond acceptors (Lipinski definition) is 3. The second-order valence-corrected chi connectivity index (χ2v) is 5.90. The molecule has 0 saturated heterocycles. The molecule has 116 valence electrons. The lowest BCUT2D eigenvalue weighted by molar-refractivity contribution is 0.198. The molecule has 0 bridgehead atoms. The molecule has 1 aliphatic carbocycles. The Hall–Kier alpha value is -0.740. The van der Waals surface area contributed by atoms with Gasteiger partial charge in [-0.25, -0.2) is 0 Å². The Morgan fingerprint density at radius 1 is 1.33 bits per heavy atom. The normalized spacial score (nSPS) is 18.0. The van der Waals surface area contributed by atoms with E-state index in [0.717, 1.165) is 37.1 Å². The Kier molecular flexibility index (Phi) is 6.84. The molecule has 3 nitrogen and oxygen atoms in total. The lowest BCUT2D eigenvalue weighted by Crippen LogP contribution is -2.21. The average molecular weight is 330 g/mol. The van der Waals surface area contributed by atoms with Crippen LogP contribution in [0.3, 0.4) is 0 Å². The van der Waals surface area contributed by atoms with Crippen LogP contribution in [0, 0.1) is 0 Å². The number of rotatable bonds is 7. The molecule has 0 aliphatic heterocycles. The molecule has 0 saturated carbocycles. The molecule has 1 aromatic rings. The van der Waals surface area contributed by atoms with Crippen molar-refractivity contribution in [3.8, 4) is 5.75 Å². The smallest absolute Gasteiger partial charge is 0.143 e. The molecule has 1 unspecified atom stereocenters. The van der Waals surface area contributed by atoms with Crippen molar-refractivity contribution in [2.24, 2.45) is 0 Å². The average Bonchev–Trinajstić information content (AvgIpc) is 2.48. The third kappa shape index (κ3) is 5.19. The molecule has 0 fully saturated rings. The molecular weight excluding hydrogens is 309 g/mol. The van der Waals surface area contributed by atoms with Gasteiger partial charge in [-0.3, -0.25) is 0 Å². The lowest BCUT2D eigenvalue weighted by Gasteiger charge is -2.22. The van der Waals surface area contributed by atoms with Crippen molar-refractivity contribution < 1.29 is 9.47 Å². The van der Waals surface area contributed by atoms with E-state index >= 15 is 0 Å². The van der Waals surface area contributed by atoms with Crippen molar-refractivity contribution in [1.29, 1.82) is 0 Å². The Bertz CT molecular complexity index is 491. The summed E-state index contributed by atoms with van der Waals surface area (Å²) in [5.41, 5.74) is 0.975. The van der Waals surface area contributed by atoms with Gasteiger partial charge in [-0.05, 0) is 37.5 Å². The fourth-order valence-electron chi connectivity index (χ4n) is 2.30. The molecular formula is C16H21Cl2NO2. The molecule has 2 rings (SSSR count). The number of halogens is 2. The van der Waals surface area contributed by atoms with Gasteiger partial charge in [-0.2, -0.15) is 0 Å². The fourth-order valence-corrected chi connectivity index (χ4v) is 2.89. The van der Waals surface area contributed by atoms with Crippen LogP contribution in [-0.2, 0) is 11.3 Å². The van der Waals surface area contributed by atoms with E-state index in [2.05, 4.69) is 17.5 Å². The third-order valence-corrected chi connectivity index (χ3v) is 3.86. The Labute approximate surface area is 136 Å². The molecule has 0 heterocycles. The van der Waals surface area contributed by atoms with Gasteiger partial charge in [-0.1, -0.05) is 29.3 Å². The lowest BCUT2D eigenvalue weighted by atomic mass is 10.1. The van der Waals surface area contributed by atoms with Gasteiger partial charge in [0.05, 0.1) is 11.6 Å². The van der Waals surface area contributed by atoms with E-state index in [1.165, 1.54) is 0 Å². The number of nitrogens with one attached hydrogen (secondary N) is 1. The van der Waals surface area contributed by atoms with Gasteiger partial charge in [0.1, 0.15) is 11.9 Å². The van der Waals surface area contributed by atoms with Crippen LogP contribution in [0.4, 0.5) is 0 Å². The van der Waals surface area contributed by atoms with Crippen molar-refractivity contribution in [2.75, 3.05) is 20.3 Å². The topological polar surface area (TPSA) is 30.5 Å². The summed E-state index contributed by atoms with van der Waals surface area (Å²) in [4.78, 5) is 0. The van der Waals surface area contributed by atoms with E-state index in [-0.39, 0.29) is 6.10 Å². The van der Waals surface area contributed by atoms with E-state index in [9.17, 15) is 0 Å². The minimum atomic E-state index is 0.0927. The van der Waals surface area contributed by atoms with E-state index in [1.54, 1.807) is 13.2 Å². The number of allylic oxidation sites excluding steroid dienone is 1. The van der Waals surface area contributed by atoms with Crippen LogP contribution in [0.25, 0.3) is 0 Å². The van der Waals surface area contributed by atoms with Gasteiger partial charge < -0.3 is 14.8 Å². The molecule has 0 amide bonds. The second-order valence-electron chi connectivity index (χ2n) is 5.06. The molecule has 5 heteroatoms. The second kappa shape index (κ2) is 8.64. The highest BCUT2D eigenvalue weighted by Gasteiger charge is 2.16. The van der Waals surface area contributed by atoms with Crippen molar-refractivity contribution in [1.82, 2.24) is 5.32 Å². The van der Waals surface area contributed by atoms with E-state index in [0.29, 0.717) is 23.2 Å². The summed E-state index contributed by atoms with van der Waals surface area (Å²) in [6, 6.07) is 3.62. The maximum absolute atomic E-state index is 6.31. The molecule has 1 N–H and O–H groups in total. The van der Waals surface area contributed by atoms with Gasteiger partial charge in [0.2, 0.25) is 0 Å². The minimum Gasteiger partial charge on any atom is -0.484 e. The SMILES string of the molecule is COCCNCc1cc(Cl)cc(Cl)c1OC1C=CCCC1. The van der Waals surface area contributed by atoms with E-state index in [4.69, 9.17) is 32.7 Å². The van der Waals surface area contributed by atoms with Crippen LogP contribution >= 0.6 is 23.2 Å². The molecule has 1 aliphatic rings. The maximum Gasteiger partial charge on any atom is 0.143 e. The zero-order valence-electron chi connectivity index (χ0n) is 12.2. The standard InChI is InChI=1S/C16H21Cl2NO2/c1-20-8-7-19-11-12-9-13(17)10-15(18)16(12)21-14-5-3-2-4-6-14/h3,5,9-10,14,19H,2,4,6-8,11H2,1H3. The van der Waals surface area contributed by atoms with Gasteiger partial charge in [0, 0.05) is 30.8 Å². The Morgan fingerprint density at radius 2 is 2.19 bits per heavy atom. The summed E-state index contributed by atoms with van der Waals surface area (Å²) in [6.07, 6.45) is 7.65. The van der Waals surface area contributed by atoms with Gasteiger partial charge in [0.15, 0.2) is 0 Å². The zero-order chi connectivity index (χ0) is 15.1. The van der Waals surface area contributed by atoms with Crippen molar-refractivity contribution in [2.45, 2.75) is 31.9 Å². The number of ether oxygens (including phenoxy) is 2. The monoisotopic (exact) mass is 329 g/mol. The molecule has 21 heavy (non-hydrogen) atoms. The molecule has 0 spiro atoms. The van der Waals surface area contributed by atoms with Gasteiger partial charge in [0.25, 0.3) is 0 Å². The first-order valence-electron chi connectivity index (χ1n) is 7.21. The van der Waals surface area contributed by atoms with Crippen LogP contribution in [-0.4, -0.2) is 26.4 Å². The highest BCUT2D eigenvalue weighted by Crippen LogP contribution is 2.34. The summed E-state index contributed by atoms with van der Waals surface area (Å²) >= 11 is 12.4. The first-order chi connectivity index (χ1) is 10.2. The van der Waals surface area contributed by atoms with Crippen LogP contribution in [0.2, 0.25) is 10.0 Å². The first kappa shape index (κ1) is 16.6. The predicted molar refractivity (Wildman–Crippen MR) is 87.5 cm³/mol. The van der Waals surface area contributed by atoms with E-state index < -0.39 is 0 Å².